The van der Waals surface area contributed by atoms with Gasteiger partial charge in [0.15, 0.2) is 0 Å². The van der Waals surface area contributed by atoms with E-state index in [4.69, 9.17) is 5.11 Å². The number of carbonyl (C=O) groups is 2. The van der Waals surface area contributed by atoms with E-state index in [2.05, 4.69) is 25.5 Å². The minimum Gasteiger partial charge on any atom is -0.480 e. The van der Waals surface area contributed by atoms with Crippen molar-refractivity contribution in [3.8, 4) is 0 Å². The summed E-state index contributed by atoms with van der Waals surface area (Å²) < 4.78 is 0. The molecule has 2 heterocycles. The molecule has 2 aromatic heterocycles. The van der Waals surface area contributed by atoms with Crippen LogP contribution in [0.5, 0.6) is 0 Å². The third-order valence-corrected chi connectivity index (χ3v) is 2.34. The molecule has 4 N–H and O–H groups in total. The minimum atomic E-state index is -1.11. The molecule has 18 heavy (non-hydrogen) atoms. The SMILES string of the molecule is O=C(NC(Cc1cnc[nH]1)C(=O)O)c1cn[nH]c1. The van der Waals surface area contributed by atoms with Gasteiger partial charge in [-0.25, -0.2) is 9.78 Å². The van der Waals surface area contributed by atoms with Crippen LogP contribution in [0.3, 0.4) is 0 Å². The number of carboxylic acid groups (broad SMARTS) is 1. The quantitative estimate of drug-likeness (QED) is 0.571. The number of carboxylic acids is 1. The minimum absolute atomic E-state index is 0.138. The fourth-order valence-corrected chi connectivity index (χ4v) is 1.43. The Morgan fingerprint density at radius 3 is 2.83 bits per heavy atom. The number of nitrogens with one attached hydrogen (secondary N) is 3. The Labute approximate surface area is 101 Å². The number of carbonyl (C=O) groups excluding carboxylic acids is 1. The molecule has 0 aliphatic rings. The first-order chi connectivity index (χ1) is 8.66. The van der Waals surface area contributed by atoms with Gasteiger partial charge in [0.2, 0.25) is 0 Å². The van der Waals surface area contributed by atoms with Gasteiger partial charge in [0.25, 0.3) is 5.91 Å². The number of rotatable bonds is 5. The highest BCUT2D eigenvalue weighted by atomic mass is 16.4. The van der Waals surface area contributed by atoms with Crippen molar-refractivity contribution in [2.24, 2.45) is 0 Å². The lowest BCUT2D eigenvalue weighted by Crippen LogP contribution is -2.42. The number of hydrogen-bond donors (Lipinski definition) is 4. The summed E-state index contributed by atoms with van der Waals surface area (Å²) in [4.78, 5) is 29.3. The van der Waals surface area contributed by atoms with Crippen LogP contribution in [-0.2, 0) is 11.2 Å². The van der Waals surface area contributed by atoms with E-state index in [0.717, 1.165) is 0 Å². The third-order valence-electron chi connectivity index (χ3n) is 2.34. The van der Waals surface area contributed by atoms with Gasteiger partial charge < -0.3 is 15.4 Å². The summed E-state index contributed by atoms with van der Waals surface area (Å²) in [5, 5.41) is 17.6. The highest BCUT2D eigenvalue weighted by Crippen LogP contribution is 2.01. The molecule has 0 bridgehead atoms. The van der Waals surface area contributed by atoms with Crippen LogP contribution < -0.4 is 5.32 Å². The molecule has 0 aliphatic carbocycles. The topological polar surface area (TPSA) is 124 Å². The molecule has 1 atom stereocenters. The predicted octanol–water partition coefficient (Wildman–Crippen LogP) is -0.442. The fourth-order valence-electron chi connectivity index (χ4n) is 1.43. The Morgan fingerprint density at radius 1 is 1.44 bits per heavy atom. The molecule has 1 amide bonds. The van der Waals surface area contributed by atoms with Crippen molar-refractivity contribution in [3.05, 3.63) is 36.2 Å². The summed E-state index contributed by atoms with van der Waals surface area (Å²) in [5.74, 6) is -1.60. The van der Waals surface area contributed by atoms with Crippen molar-refractivity contribution >= 4 is 11.9 Å². The van der Waals surface area contributed by atoms with E-state index in [-0.39, 0.29) is 12.0 Å². The average molecular weight is 249 g/mol. The van der Waals surface area contributed by atoms with E-state index in [0.29, 0.717) is 5.69 Å². The van der Waals surface area contributed by atoms with Crippen molar-refractivity contribution in [3.63, 3.8) is 0 Å². The number of aliphatic carboxylic acids is 1. The average Bonchev–Trinajstić information content (AvgIpc) is 3.00. The standard InChI is InChI=1S/C10H11N5O3/c16-9(6-2-13-14-3-6)15-8(10(17)18)1-7-4-11-5-12-7/h2-5,8H,1H2,(H,11,12)(H,13,14)(H,15,16)(H,17,18). The Hall–Kier alpha value is -2.64. The first kappa shape index (κ1) is 11.8. The maximum atomic E-state index is 11.7. The second-order valence-corrected chi connectivity index (χ2v) is 3.63. The first-order valence-electron chi connectivity index (χ1n) is 5.16. The number of aromatic nitrogens is 4. The summed E-state index contributed by atoms with van der Waals surface area (Å²) in [7, 11) is 0. The van der Waals surface area contributed by atoms with E-state index >= 15 is 0 Å². The molecule has 0 saturated heterocycles. The maximum absolute atomic E-state index is 11.7. The zero-order chi connectivity index (χ0) is 13.0. The van der Waals surface area contributed by atoms with Crippen LogP contribution in [0, 0.1) is 0 Å². The van der Waals surface area contributed by atoms with Crippen LogP contribution in [0.1, 0.15) is 16.1 Å². The van der Waals surface area contributed by atoms with Crippen LogP contribution in [0.25, 0.3) is 0 Å². The van der Waals surface area contributed by atoms with E-state index in [1.165, 1.54) is 24.9 Å². The lowest BCUT2D eigenvalue weighted by Gasteiger charge is -2.12. The molecule has 2 aromatic rings. The second-order valence-electron chi connectivity index (χ2n) is 3.63. The van der Waals surface area contributed by atoms with E-state index in [9.17, 15) is 9.59 Å². The van der Waals surface area contributed by atoms with Crippen LogP contribution in [-0.4, -0.2) is 43.2 Å². The molecule has 1 unspecified atom stereocenters. The maximum Gasteiger partial charge on any atom is 0.326 e. The Morgan fingerprint density at radius 2 is 2.28 bits per heavy atom. The lowest BCUT2D eigenvalue weighted by atomic mass is 10.1. The molecule has 0 aliphatic heterocycles. The smallest absolute Gasteiger partial charge is 0.326 e. The van der Waals surface area contributed by atoms with Gasteiger partial charge >= 0.3 is 5.97 Å². The molecule has 0 spiro atoms. The van der Waals surface area contributed by atoms with Crippen LogP contribution in [0.2, 0.25) is 0 Å². The van der Waals surface area contributed by atoms with Gasteiger partial charge in [-0.05, 0) is 0 Å². The molecular formula is C10H11N5O3. The Bertz CT molecular complexity index is 520. The van der Waals surface area contributed by atoms with E-state index in [1.54, 1.807) is 0 Å². The van der Waals surface area contributed by atoms with Gasteiger partial charge in [0.05, 0.1) is 18.1 Å². The van der Waals surface area contributed by atoms with Gasteiger partial charge in [-0.1, -0.05) is 0 Å². The summed E-state index contributed by atoms with van der Waals surface area (Å²) >= 11 is 0. The molecular weight excluding hydrogens is 238 g/mol. The largest absolute Gasteiger partial charge is 0.480 e. The molecule has 0 fully saturated rings. The van der Waals surface area contributed by atoms with Crippen molar-refractivity contribution in [2.45, 2.75) is 12.5 Å². The molecule has 0 radical (unpaired) electrons. The van der Waals surface area contributed by atoms with Gasteiger partial charge in [-0.3, -0.25) is 9.89 Å². The van der Waals surface area contributed by atoms with E-state index < -0.39 is 17.9 Å². The highest BCUT2D eigenvalue weighted by Gasteiger charge is 2.21. The summed E-state index contributed by atoms with van der Waals surface area (Å²) in [6.07, 6.45) is 5.82. The number of H-pyrrole nitrogens is 2. The Balaban J connectivity index is 2.03. The van der Waals surface area contributed by atoms with Crippen LogP contribution in [0.4, 0.5) is 0 Å². The van der Waals surface area contributed by atoms with Gasteiger partial charge in [0.1, 0.15) is 6.04 Å². The molecule has 0 saturated carbocycles. The molecule has 8 nitrogen and oxygen atoms in total. The highest BCUT2D eigenvalue weighted by molar-refractivity contribution is 5.96. The lowest BCUT2D eigenvalue weighted by molar-refractivity contribution is -0.139. The number of amides is 1. The second kappa shape index (κ2) is 5.13. The number of hydrogen-bond acceptors (Lipinski definition) is 4. The Kier molecular flexibility index (Phi) is 3.37. The van der Waals surface area contributed by atoms with Crippen molar-refractivity contribution in [2.75, 3.05) is 0 Å². The van der Waals surface area contributed by atoms with E-state index in [1.807, 2.05) is 0 Å². The molecule has 94 valence electrons. The van der Waals surface area contributed by atoms with Crippen LogP contribution >= 0.6 is 0 Å². The normalized spacial score (nSPS) is 12.0. The number of nitrogens with zero attached hydrogens (tertiary/aromatic N) is 2. The molecule has 8 heteroatoms. The van der Waals surface area contributed by atoms with Crippen molar-refractivity contribution in [1.29, 1.82) is 0 Å². The first-order valence-corrected chi connectivity index (χ1v) is 5.16. The molecule has 0 aromatic carbocycles. The zero-order valence-corrected chi connectivity index (χ0v) is 9.25. The summed E-state index contributed by atoms with van der Waals surface area (Å²) in [6, 6.07) is -1.02. The number of imidazole rings is 1. The fraction of sp³-hybridized carbons (Fsp3) is 0.200. The molecule has 2 rings (SSSR count). The van der Waals surface area contributed by atoms with Crippen molar-refractivity contribution in [1.82, 2.24) is 25.5 Å². The number of aromatic amines is 2. The van der Waals surface area contributed by atoms with Crippen LogP contribution in [0.15, 0.2) is 24.9 Å². The van der Waals surface area contributed by atoms with Gasteiger partial charge in [-0.15, -0.1) is 0 Å². The van der Waals surface area contributed by atoms with Gasteiger partial charge in [-0.2, -0.15) is 5.10 Å². The summed E-state index contributed by atoms with van der Waals surface area (Å²) in [5.41, 5.74) is 0.917. The summed E-state index contributed by atoms with van der Waals surface area (Å²) in [6.45, 7) is 0. The predicted molar refractivity (Wildman–Crippen MR) is 59.8 cm³/mol. The van der Waals surface area contributed by atoms with Crippen molar-refractivity contribution < 1.29 is 14.7 Å². The third kappa shape index (κ3) is 2.73. The van der Waals surface area contributed by atoms with Gasteiger partial charge in [0, 0.05) is 24.5 Å². The zero-order valence-electron chi connectivity index (χ0n) is 9.25. The monoisotopic (exact) mass is 249 g/mol.